The second-order valence-electron chi connectivity index (χ2n) is 10.9. The van der Waals surface area contributed by atoms with Crippen LogP contribution in [0.25, 0.3) is 0 Å². The Morgan fingerprint density at radius 2 is 1.44 bits per heavy atom. The van der Waals surface area contributed by atoms with Crippen LogP contribution in [0, 0.1) is 11.8 Å². The molecular weight excluding hydrogens is 500 g/mol. The lowest BCUT2D eigenvalue weighted by atomic mass is 9.89. The minimum Gasteiger partial charge on any atom is -0.463 e. The quantitative estimate of drug-likeness (QED) is 0.0855. The summed E-state index contributed by atoms with van der Waals surface area (Å²) in [4.78, 5) is 23.8. The Morgan fingerprint density at radius 3 is 2.13 bits per heavy atom. The lowest BCUT2D eigenvalue weighted by molar-refractivity contribution is -0.151. The lowest BCUT2D eigenvalue weighted by Crippen LogP contribution is -2.25. The van der Waals surface area contributed by atoms with Crippen molar-refractivity contribution in [1.29, 1.82) is 0 Å². The van der Waals surface area contributed by atoms with Gasteiger partial charge in [0.1, 0.15) is 19.3 Å². The fourth-order valence-corrected chi connectivity index (χ4v) is 4.88. The standard InChI is InChI=1S/C31H54O8/c1-3-5-7-8-9-10-12-17-30(36)38-22-25(33)23-39-31(37)18-14-13-16-26-27(29(35)21-28(26)34)20-19-24(32)15-11-6-4-2/h13-14,19-20,24-29,32-35H,3-12,15-18,21-23H2,1-2H3/b14-13-,20-19+/t24-,25-,26+,27-,28+,29-/m1/s1. The zero-order valence-corrected chi connectivity index (χ0v) is 24.2. The predicted molar refractivity (Wildman–Crippen MR) is 152 cm³/mol. The first-order chi connectivity index (χ1) is 18.8. The molecule has 1 aliphatic carbocycles. The highest BCUT2D eigenvalue weighted by Gasteiger charge is 2.39. The van der Waals surface area contributed by atoms with Crippen molar-refractivity contribution in [3.05, 3.63) is 24.3 Å². The molecule has 8 heteroatoms. The number of hydrogen-bond donors (Lipinski definition) is 4. The molecule has 1 saturated carbocycles. The van der Waals surface area contributed by atoms with E-state index in [1.165, 1.54) is 25.7 Å². The van der Waals surface area contributed by atoms with Crippen molar-refractivity contribution >= 4 is 11.9 Å². The molecule has 0 aromatic heterocycles. The Bertz CT molecular complexity index is 707. The summed E-state index contributed by atoms with van der Waals surface area (Å²) in [7, 11) is 0. The summed E-state index contributed by atoms with van der Waals surface area (Å²) in [5.41, 5.74) is 0. The Hall–Kier alpha value is -1.74. The van der Waals surface area contributed by atoms with Crippen LogP contribution < -0.4 is 0 Å². The summed E-state index contributed by atoms with van der Waals surface area (Å²) >= 11 is 0. The van der Waals surface area contributed by atoms with Crippen molar-refractivity contribution in [2.45, 2.75) is 135 Å². The van der Waals surface area contributed by atoms with Crippen LogP contribution in [0.4, 0.5) is 0 Å². The molecule has 1 aliphatic rings. The van der Waals surface area contributed by atoms with Crippen LogP contribution in [0.2, 0.25) is 0 Å². The summed E-state index contributed by atoms with van der Waals surface area (Å²) in [5, 5.41) is 40.8. The number of hydrogen-bond acceptors (Lipinski definition) is 8. The summed E-state index contributed by atoms with van der Waals surface area (Å²) in [6, 6.07) is 0. The molecule has 0 amide bonds. The molecule has 39 heavy (non-hydrogen) atoms. The monoisotopic (exact) mass is 554 g/mol. The zero-order valence-electron chi connectivity index (χ0n) is 24.2. The van der Waals surface area contributed by atoms with Gasteiger partial charge in [0.2, 0.25) is 0 Å². The molecule has 0 heterocycles. The normalized spacial score (nSPS) is 22.9. The van der Waals surface area contributed by atoms with Crippen LogP contribution in [-0.2, 0) is 19.1 Å². The highest BCUT2D eigenvalue weighted by atomic mass is 16.6. The lowest BCUT2D eigenvalue weighted by Gasteiger charge is -2.19. The van der Waals surface area contributed by atoms with E-state index in [2.05, 4.69) is 13.8 Å². The smallest absolute Gasteiger partial charge is 0.309 e. The molecule has 0 spiro atoms. The van der Waals surface area contributed by atoms with Gasteiger partial charge in [-0.25, -0.2) is 0 Å². The number of carbonyl (C=O) groups is 2. The third-order valence-corrected chi connectivity index (χ3v) is 7.29. The van der Waals surface area contributed by atoms with Crippen LogP contribution in [0.3, 0.4) is 0 Å². The summed E-state index contributed by atoms with van der Waals surface area (Å²) < 4.78 is 10.1. The summed E-state index contributed by atoms with van der Waals surface area (Å²) in [6.45, 7) is 3.83. The first-order valence-corrected chi connectivity index (χ1v) is 15.1. The molecule has 4 N–H and O–H groups in total. The number of unbranched alkanes of at least 4 members (excludes halogenated alkanes) is 8. The second kappa shape index (κ2) is 22.0. The molecule has 1 fully saturated rings. The minimum atomic E-state index is -1.07. The maximum absolute atomic E-state index is 12.0. The Balaban J connectivity index is 2.25. The number of rotatable bonds is 22. The van der Waals surface area contributed by atoms with E-state index in [0.717, 1.165) is 38.5 Å². The SMILES string of the molecule is CCCCCCCCCC(=O)OC[C@@H](O)COC(=O)C/C=C\C[C@H]1[C@@H](/C=C/[C@H](O)CCCCC)[C@H](O)C[C@@H]1O. The number of allylic oxidation sites excluding steroid dienone is 1. The van der Waals surface area contributed by atoms with E-state index < -0.39 is 30.4 Å². The van der Waals surface area contributed by atoms with Gasteiger partial charge in [-0.2, -0.15) is 0 Å². The largest absolute Gasteiger partial charge is 0.463 e. The first kappa shape index (κ1) is 35.3. The van der Waals surface area contributed by atoms with Crippen molar-refractivity contribution in [1.82, 2.24) is 0 Å². The Kier molecular flexibility index (Phi) is 19.9. The van der Waals surface area contributed by atoms with Gasteiger partial charge < -0.3 is 29.9 Å². The van der Waals surface area contributed by atoms with E-state index in [1.807, 2.05) is 6.08 Å². The van der Waals surface area contributed by atoms with Gasteiger partial charge in [0.05, 0.1) is 24.7 Å². The van der Waals surface area contributed by atoms with Gasteiger partial charge in [-0.15, -0.1) is 0 Å². The van der Waals surface area contributed by atoms with Gasteiger partial charge >= 0.3 is 11.9 Å². The van der Waals surface area contributed by atoms with Gasteiger partial charge in [0.25, 0.3) is 0 Å². The van der Waals surface area contributed by atoms with Crippen molar-refractivity contribution in [2.75, 3.05) is 13.2 Å². The number of aliphatic hydroxyl groups is 4. The highest BCUT2D eigenvalue weighted by Crippen LogP contribution is 2.36. The third kappa shape index (κ3) is 16.8. The molecule has 0 bridgehead atoms. The van der Waals surface area contributed by atoms with Crippen LogP contribution in [-0.4, -0.2) is 70.0 Å². The number of aliphatic hydroxyl groups excluding tert-OH is 4. The average molecular weight is 555 g/mol. The maximum atomic E-state index is 12.0. The van der Waals surface area contributed by atoms with Crippen LogP contribution in [0.5, 0.6) is 0 Å². The molecule has 0 aliphatic heterocycles. The summed E-state index contributed by atoms with van der Waals surface area (Å²) in [6.07, 6.45) is 16.6. The second-order valence-corrected chi connectivity index (χ2v) is 10.9. The fraction of sp³-hybridized carbons (Fsp3) is 0.806. The Morgan fingerprint density at radius 1 is 0.821 bits per heavy atom. The molecular formula is C31H54O8. The van der Waals surface area contributed by atoms with Gasteiger partial charge in [0, 0.05) is 18.8 Å². The van der Waals surface area contributed by atoms with Crippen molar-refractivity contribution in [2.24, 2.45) is 11.8 Å². The van der Waals surface area contributed by atoms with E-state index in [1.54, 1.807) is 18.2 Å². The minimum absolute atomic E-state index is 0.00673. The van der Waals surface area contributed by atoms with E-state index >= 15 is 0 Å². The van der Waals surface area contributed by atoms with E-state index in [-0.39, 0.29) is 43.9 Å². The average Bonchev–Trinajstić information content (AvgIpc) is 3.18. The van der Waals surface area contributed by atoms with E-state index in [0.29, 0.717) is 19.3 Å². The predicted octanol–water partition coefficient (Wildman–Crippen LogP) is 4.77. The van der Waals surface area contributed by atoms with Crippen molar-refractivity contribution in [3.63, 3.8) is 0 Å². The van der Waals surface area contributed by atoms with E-state index in [9.17, 15) is 30.0 Å². The van der Waals surface area contributed by atoms with Gasteiger partial charge in [-0.3, -0.25) is 9.59 Å². The molecule has 226 valence electrons. The van der Waals surface area contributed by atoms with Gasteiger partial charge in [-0.1, -0.05) is 95.9 Å². The molecule has 0 unspecified atom stereocenters. The zero-order chi connectivity index (χ0) is 28.9. The number of esters is 2. The number of carbonyl (C=O) groups excluding carboxylic acids is 2. The molecule has 1 rings (SSSR count). The van der Waals surface area contributed by atoms with Crippen LogP contribution >= 0.6 is 0 Å². The van der Waals surface area contributed by atoms with Crippen molar-refractivity contribution < 1.29 is 39.5 Å². The van der Waals surface area contributed by atoms with Gasteiger partial charge in [0.15, 0.2) is 0 Å². The fourth-order valence-electron chi connectivity index (χ4n) is 4.88. The number of ether oxygens (including phenoxy) is 2. The van der Waals surface area contributed by atoms with Crippen LogP contribution in [0.15, 0.2) is 24.3 Å². The first-order valence-electron chi connectivity index (χ1n) is 15.1. The summed E-state index contributed by atoms with van der Waals surface area (Å²) in [5.74, 6) is -1.33. The van der Waals surface area contributed by atoms with E-state index in [4.69, 9.17) is 9.47 Å². The topological polar surface area (TPSA) is 134 Å². The third-order valence-electron chi connectivity index (χ3n) is 7.29. The molecule has 0 saturated heterocycles. The maximum Gasteiger partial charge on any atom is 0.309 e. The van der Waals surface area contributed by atoms with Crippen LogP contribution in [0.1, 0.15) is 110 Å². The molecule has 0 aromatic rings. The molecule has 0 radical (unpaired) electrons. The molecule has 0 aromatic carbocycles. The highest BCUT2D eigenvalue weighted by molar-refractivity contribution is 5.71. The molecule has 6 atom stereocenters. The van der Waals surface area contributed by atoms with Gasteiger partial charge in [-0.05, 0) is 25.2 Å². The Labute approximate surface area is 235 Å². The molecule has 8 nitrogen and oxygen atoms in total. The van der Waals surface area contributed by atoms with Crippen molar-refractivity contribution in [3.8, 4) is 0 Å².